The Balaban J connectivity index is 1.58. The highest BCUT2D eigenvalue weighted by molar-refractivity contribution is 8.00. The molecule has 2 unspecified atom stereocenters. The fourth-order valence-corrected chi connectivity index (χ4v) is 4.34. The maximum atomic E-state index is 9.03. The van der Waals surface area contributed by atoms with E-state index in [-0.39, 0.29) is 5.92 Å². The van der Waals surface area contributed by atoms with Gasteiger partial charge in [0.1, 0.15) is 0 Å². The molecule has 0 aromatic heterocycles. The number of benzene rings is 1. The molecule has 2 atom stereocenters. The minimum atomic E-state index is 0.257. The zero-order valence-corrected chi connectivity index (χ0v) is 11.3. The number of hydrogen-bond acceptors (Lipinski definition) is 3. The Bertz CT molecular complexity index is 441. The van der Waals surface area contributed by atoms with Crippen LogP contribution in [0.4, 0.5) is 0 Å². The predicted molar refractivity (Wildman–Crippen MR) is 74.6 cm³/mol. The first-order valence-electron chi connectivity index (χ1n) is 6.71. The van der Waals surface area contributed by atoms with E-state index in [4.69, 9.17) is 5.26 Å². The maximum Gasteiger partial charge on any atom is 0.0669 e. The summed E-state index contributed by atoms with van der Waals surface area (Å²) >= 11 is 2.01. The Morgan fingerprint density at radius 3 is 3.11 bits per heavy atom. The molecule has 2 nitrogen and oxygen atoms in total. The van der Waals surface area contributed by atoms with Gasteiger partial charge in [-0.25, -0.2) is 0 Å². The number of nitriles is 1. The van der Waals surface area contributed by atoms with E-state index in [1.807, 2.05) is 11.8 Å². The molecule has 0 radical (unpaired) electrons. The molecule has 1 saturated heterocycles. The Labute approximate surface area is 113 Å². The Morgan fingerprint density at radius 2 is 2.28 bits per heavy atom. The van der Waals surface area contributed by atoms with E-state index in [2.05, 4.69) is 35.2 Å². The highest BCUT2D eigenvalue weighted by atomic mass is 32.2. The highest BCUT2D eigenvalue weighted by Gasteiger charge is 2.26. The third kappa shape index (κ3) is 2.55. The Hall–Kier alpha value is -0.980. The fraction of sp³-hybridized carbons (Fsp3) is 0.533. The number of likely N-dealkylation sites (tertiary alicyclic amines) is 1. The van der Waals surface area contributed by atoms with Gasteiger partial charge in [-0.1, -0.05) is 18.2 Å². The first-order chi connectivity index (χ1) is 8.85. The largest absolute Gasteiger partial charge is 0.301 e. The van der Waals surface area contributed by atoms with Crippen molar-refractivity contribution in [3.05, 3.63) is 29.8 Å². The first-order valence-corrected chi connectivity index (χ1v) is 7.59. The highest BCUT2D eigenvalue weighted by Crippen LogP contribution is 2.37. The molecular formula is C15H18N2S. The SMILES string of the molecule is N#CC1CCCN(CC2Cc3ccccc3S2)C1. The average molecular weight is 258 g/mol. The molecule has 0 N–H and O–H groups in total. The lowest BCUT2D eigenvalue weighted by Gasteiger charge is -2.31. The van der Waals surface area contributed by atoms with Gasteiger partial charge in [0.15, 0.2) is 0 Å². The average Bonchev–Trinajstić information content (AvgIpc) is 2.81. The number of thioether (sulfide) groups is 1. The summed E-state index contributed by atoms with van der Waals surface area (Å²) in [6.45, 7) is 3.28. The summed E-state index contributed by atoms with van der Waals surface area (Å²) in [4.78, 5) is 3.94. The van der Waals surface area contributed by atoms with Gasteiger partial charge in [0, 0.05) is 23.2 Å². The van der Waals surface area contributed by atoms with Crippen molar-refractivity contribution in [3.8, 4) is 6.07 Å². The molecule has 0 spiro atoms. The van der Waals surface area contributed by atoms with Crippen LogP contribution in [0.3, 0.4) is 0 Å². The summed E-state index contributed by atoms with van der Waals surface area (Å²) in [5, 5.41) is 9.71. The van der Waals surface area contributed by atoms with Gasteiger partial charge in [-0.15, -0.1) is 11.8 Å². The lowest BCUT2D eigenvalue weighted by Crippen LogP contribution is -2.39. The molecule has 1 aromatic carbocycles. The zero-order chi connectivity index (χ0) is 12.4. The first kappa shape index (κ1) is 12.1. The number of fused-ring (bicyclic) bond motifs is 1. The van der Waals surface area contributed by atoms with Crippen molar-refractivity contribution >= 4 is 11.8 Å². The third-order valence-electron chi connectivity index (χ3n) is 3.86. The maximum absolute atomic E-state index is 9.03. The summed E-state index contributed by atoms with van der Waals surface area (Å²) in [6, 6.07) is 11.2. The number of hydrogen-bond donors (Lipinski definition) is 0. The van der Waals surface area contributed by atoms with E-state index < -0.39 is 0 Å². The van der Waals surface area contributed by atoms with Crippen molar-refractivity contribution in [1.29, 1.82) is 5.26 Å². The van der Waals surface area contributed by atoms with Crippen molar-refractivity contribution in [2.24, 2.45) is 5.92 Å². The van der Waals surface area contributed by atoms with Gasteiger partial charge in [0.2, 0.25) is 0 Å². The number of nitrogens with zero attached hydrogens (tertiary/aromatic N) is 2. The minimum Gasteiger partial charge on any atom is -0.301 e. The number of piperidine rings is 1. The molecule has 94 valence electrons. The van der Waals surface area contributed by atoms with E-state index in [1.54, 1.807) is 0 Å². The second kappa shape index (κ2) is 5.34. The molecule has 1 fully saturated rings. The number of rotatable bonds is 2. The topological polar surface area (TPSA) is 27.0 Å². The summed E-state index contributed by atoms with van der Waals surface area (Å²) in [5.41, 5.74) is 1.50. The van der Waals surface area contributed by atoms with Crippen LogP contribution in [0.2, 0.25) is 0 Å². The molecule has 2 heterocycles. The normalized spacial score (nSPS) is 27.7. The van der Waals surface area contributed by atoms with E-state index in [1.165, 1.54) is 29.8 Å². The van der Waals surface area contributed by atoms with Crippen LogP contribution in [0.1, 0.15) is 18.4 Å². The van der Waals surface area contributed by atoms with Gasteiger partial charge in [0.25, 0.3) is 0 Å². The van der Waals surface area contributed by atoms with Gasteiger partial charge in [-0.05, 0) is 37.4 Å². The molecule has 0 saturated carbocycles. The molecular weight excluding hydrogens is 240 g/mol. The lowest BCUT2D eigenvalue weighted by atomic mass is 9.99. The van der Waals surface area contributed by atoms with Crippen LogP contribution in [-0.4, -0.2) is 29.8 Å². The van der Waals surface area contributed by atoms with E-state index >= 15 is 0 Å². The molecule has 0 amide bonds. The van der Waals surface area contributed by atoms with Crippen LogP contribution in [0.5, 0.6) is 0 Å². The van der Waals surface area contributed by atoms with Crippen LogP contribution < -0.4 is 0 Å². The monoisotopic (exact) mass is 258 g/mol. The van der Waals surface area contributed by atoms with E-state index in [0.717, 1.165) is 19.5 Å². The van der Waals surface area contributed by atoms with Gasteiger partial charge in [-0.3, -0.25) is 0 Å². The van der Waals surface area contributed by atoms with Crippen LogP contribution in [-0.2, 0) is 6.42 Å². The summed E-state index contributed by atoms with van der Waals surface area (Å²) in [7, 11) is 0. The second-order valence-electron chi connectivity index (χ2n) is 5.28. The van der Waals surface area contributed by atoms with Crippen molar-refractivity contribution in [2.45, 2.75) is 29.4 Å². The van der Waals surface area contributed by atoms with Crippen molar-refractivity contribution in [3.63, 3.8) is 0 Å². The molecule has 18 heavy (non-hydrogen) atoms. The lowest BCUT2D eigenvalue weighted by molar-refractivity contribution is 0.200. The van der Waals surface area contributed by atoms with Crippen molar-refractivity contribution in [2.75, 3.05) is 19.6 Å². The smallest absolute Gasteiger partial charge is 0.0669 e. The zero-order valence-electron chi connectivity index (χ0n) is 10.5. The standard InChI is InChI=1S/C15H18N2S/c16-9-12-4-3-7-17(10-12)11-14-8-13-5-1-2-6-15(13)18-14/h1-2,5-6,12,14H,3-4,7-8,10-11H2. The summed E-state index contributed by atoms with van der Waals surface area (Å²) < 4.78 is 0. The van der Waals surface area contributed by atoms with Crippen LogP contribution >= 0.6 is 11.8 Å². The van der Waals surface area contributed by atoms with Crippen molar-refractivity contribution < 1.29 is 0 Å². The van der Waals surface area contributed by atoms with Crippen LogP contribution in [0.15, 0.2) is 29.2 Å². The summed E-state index contributed by atoms with van der Waals surface area (Å²) in [5.74, 6) is 0.257. The molecule has 2 aliphatic rings. The van der Waals surface area contributed by atoms with Gasteiger partial charge < -0.3 is 4.90 Å². The fourth-order valence-electron chi connectivity index (χ4n) is 2.97. The predicted octanol–water partition coefficient (Wildman–Crippen LogP) is 2.94. The van der Waals surface area contributed by atoms with Gasteiger partial charge >= 0.3 is 0 Å². The van der Waals surface area contributed by atoms with Crippen LogP contribution in [0.25, 0.3) is 0 Å². The third-order valence-corrected chi connectivity index (χ3v) is 5.17. The Kier molecular flexibility index (Phi) is 3.58. The van der Waals surface area contributed by atoms with Crippen LogP contribution in [0, 0.1) is 17.2 Å². The van der Waals surface area contributed by atoms with Gasteiger partial charge in [0.05, 0.1) is 12.0 Å². The molecule has 0 aliphatic carbocycles. The summed E-state index contributed by atoms with van der Waals surface area (Å²) in [6.07, 6.45) is 3.46. The van der Waals surface area contributed by atoms with E-state index in [9.17, 15) is 0 Å². The molecule has 3 heteroatoms. The van der Waals surface area contributed by atoms with E-state index in [0.29, 0.717) is 5.25 Å². The molecule has 3 rings (SSSR count). The molecule has 0 bridgehead atoms. The Morgan fingerprint density at radius 1 is 1.39 bits per heavy atom. The van der Waals surface area contributed by atoms with Gasteiger partial charge in [-0.2, -0.15) is 5.26 Å². The minimum absolute atomic E-state index is 0.257. The molecule has 1 aromatic rings. The molecule has 2 aliphatic heterocycles. The van der Waals surface area contributed by atoms with Crippen molar-refractivity contribution in [1.82, 2.24) is 4.90 Å². The second-order valence-corrected chi connectivity index (χ2v) is 6.62. The quantitative estimate of drug-likeness (QED) is 0.816.